The molecule has 1 unspecified atom stereocenters. The van der Waals surface area contributed by atoms with Crippen LogP contribution in [-0.4, -0.2) is 23.6 Å². The van der Waals surface area contributed by atoms with Crippen molar-refractivity contribution in [1.29, 1.82) is 0 Å². The number of rotatable bonds is 1. The molecule has 1 aromatic rings. The average molecular weight is 271 g/mol. The average Bonchev–Trinajstić information content (AvgIpc) is 2.50. The molecular formula is C10H11BrN2O2. The highest BCUT2D eigenvalue weighted by molar-refractivity contribution is 9.10. The van der Waals surface area contributed by atoms with E-state index < -0.39 is 0 Å². The van der Waals surface area contributed by atoms with Gasteiger partial charge in [0.2, 0.25) is 5.91 Å². The lowest BCUT2D eigenvalue weighted by Gasteiger charge is -2.17. The number of anilines is 1. The van der Waals surface area contributed by atoms with E-state index in [1.807, 2.05) is 0 Å². The maximum Gasteiger partial charge on any atom is 0.228 e. The molecule has 1 amide bonds. The van der Waals surface area contributed by atoms with Gasteiger partial charge in [0.25, 0.3) is 0 Å². The Morgan fingerprint density at radius 3 is 2.87 bits per heavy atom. The Morgan fingerprint density at radius 2 is 2.27 bits per heavy atom. The summed E-state index contributed by atoms with van der Waals surface area (Å²) in [6.07, 6.45) is 0.339. The predicted octanol–water partition coefficient (Wildman–Crippen LogP) is 1.22. The van der Waals surface area contributed by atoms with Crippen LogP contribution in [0.1, 0.15) is 6.42 Å². The number of hydrogen-bond acceptors (Lipinski definition) is 3. The van der Waals surface area contributed by atoms with Crippen LogP contribution in [-0.2, 0) is 4.79 Å². The molecule has 1 aliphatic heterocycles. The Hall–Kier alpha value is -1.07. The second-order valence-corrected chi connectivity index (χ2v) is 4.52. The summed E-state index contributed by atoms with van der Waals surface area (Å²) in [6, 6.07) is 4.84. The lowest BCUT2D eigenvalue weighted by Crippen LogP contribution is -2.27. The van der Waals surface area contributed by atoms with Gasteiger partial charge >= 0.3 is 0 Å². The molecule has 3 N–H and O–H groups in total. The monoisotopic (exact) mass is 270 g/mol. The van der Waals surface area contributed by atoms with Gasteiger partial charge in [-0.1, -0.05) is 15.9 Å². The fraction of sp³-hybridized carbons (Fsp3) is 0.300. The van der Waals surface area contributed by atoms with E-state index in [4.69, 9.17) is 5.73 Å². The molecule has 4 nitrogen and oxygen atoms in total. The minimum atomic E-state index is -0.143. The zero-order valence-corrected chi connectivity index (χ0v) is 9.57. The summed E-state index contributed by atoms with van der Waals surface area (Å²) in [4.78, 5) is 13.1. The molecule has 0 radical (unpaired) electrons. The number of carbonyl (C=O) groups is 1. The maximum absolute atomic E-state index is 11.6. The minimum absolute atomic E-state index is 0.0455. The van der Waals surface area contributed by atoms with Gasteiger partial charge in [0, 0.05) is 23.5 Å². The normalized spacial score (nSPS) is 21.1. The number of carbonyl (C=O) groups excluding carboxylic acids is 1. The van der Waals surface area contributed by atoms with Crippen LogP contribution in [0.2, 0.25) is 0 Å². The quantitative estimate of drug-likeness (QED) is 0.807. The lowest BCUT2D eigenvalue weighted by atomic mass is 10.2. The molecule has 1 aromatic carbocycles. The fourth-order valence-corrected chi connectivity index (χ4v) is 2.03. The zero-order chi connectivity index (χ0) is 11.0. The van der Waals surface area contributed by atoms with Gasteiger partial charge in [-0.3, -0.25) is 4.79 Å². The second kappa shape index (κ2) is 3.83. The van der Waals surface area contributed by atoms with Gasteiger partial charge in [-0.2, -0.15) is 0 Å². The third kappa shape index (κ3) is 1.98. The number of amides is 1. The zero-order valence-electron chi connectivity index (χ0n) is 7.98. The molecule has 0 saturated carbocycles. The Bertz CT molecular complexity index is 408. The molecule has 1 aliphatic rings. The van der Waals surface area contributed by atoms with E-state index in [0.29, 0.717) is 18.7 Å². The molecule has 0 aromatic heterocycles. The number of halogens is 1. The molecule has 0 bridgehead atoms. The SMILES string of the molecule is NC1CC(=O)N(c2cc(Br)ccc2O)C1. The summed E-state index contributed by atoms with van der Waals surface area (Å²) in [5, 5.41) is 9.64. The molecule has 2 rings (SSSR count). The number of nitrogens with two attached hydrogens (primary N) is 1. The first-order valence-electron chi connectivity index (χ1n) is 4.62. The van der Waals surface area contributed by atoms with Crippen molar-refractivity contribution in [3.63, 3.8) is 0 Å². The maximum atomic E-state index is 11.6. The smallest absolute Gasteiger partial charge is 0.228 e. The van der Waals surface area contributed by atoms with Crippen molar-refractivity contribution in [2.45, 2.75) is 12.5 Å². The Balaban J connectivity index is 2.37. The van der Waals surface area contributed by atoms with Gasteiger partial charge in [-0.05, 0) is 18.2 Å². The van der Waals surface area contributed by atoms with Gasteiger partial charge < -0.3 is 15.7 Å². The molecule has 80 valence electrons. The number of aromatic hydroxyl groups is 1. The van der Waals surface area contributed by atoms with Crippen LogP contribution in [0.15, 0.2) is 22.7 Å². The van der Waals surface area contributed by atoms with Crippen molar-refractivity contribution >= 4 is 27.5 Å². The van der Waals surface area contributed by atoms with Crippen LogP contribution in [0.5, 0.6) is 5.75 Å². The summed E-state index contributed by atoms with van der Waals surface area (Å²) >= 11 is 3.30. The van der Waals surface area contributed by atoms with Crippen molar-refractivity contribution < 1.29 is 9.90 Å². The Labute approximate surface area is 95.8 Å². The van der Waals surface area contributed by atoms with Gasteiger partial charge in [-0.15, -0.1) is 0 Å². The standard InChI is InChI=1S/C10H11BrN2O2/c11-6-1-2-9(14)8(3-6)13-5-7(12)4-10(13)15/h1-3,7,14H,4-5,12H2. The molecule has 0 spiro atoms. The van der Waals surface area contributed by atoms with Crippen LogP contribution in [0.3, 0.4) is 0 Å². The molecule has 1 fully saturated rings. The van der Waals surface area contributed by atoms with E-state index in [-0.39, 0.29) is 17.7 Å². The summed E-state index contributed by atoms with van der Waals surface area (Å²) in [5.41, 5.74) is 6.20. The van der Waals surface area contributed by atoms with Crippen LogP contribution in [0.4, 0.5) is 5.69 Å². The molecule has 15 heavy (non-hydrogen) atoms. The molecule has 0 aliphatic carbocycles. The molecule has 1 heterocycles. The first-order chi connectivity index (χ1) is 7.08. The Kier molecular flexibility index (Phi) is 2.67. The summed E-state index contributed by atoms with van der Waals surface area (Å²) < 4.78 is 0.823. The highest BCUT2D eigenvalue weighted by atomic mass is 79.9. The van der Waals surface area contributed by atoms with Crippen molar-refractivity contribution in [2.75, 3.05) is 11.4 Å². The molecule has 1 atom stereocenters. The molecule has 5 heteroatoms. The number of phenols is 1. The van der Waals surface area contributed by atoms with E-state index in [2.05, 4.69) is 15.9 Å². The third-order valence-corrected chi connectivity index (χ3v) is 2.88. The van der Waals surface area contributed by atoms with Crippen LogP contribution in [0, 0.1) is 0 Å². The third-order valence-electron chi connectivity index (χ3n) is 2.38. The predicted molar refractivity (Wildman–Crippen MR) is 60.8 cm³/mol. The van der Waals surface area contributed by atoms with E-state index >= 15 is 0 Å². The topological polar surface area (TPSA) is 66.6 Å². The largest absolute Gasteiger partial charge is 0.506 e. The van der Waals surface area contributed by atoms with E-state index in [9.17, 15) is 9.90 Å². The van der Waals surface area contributed by atoms with Crippen molar-refractivity contribution in [1.82, 2.24) is 0 Å². The van der Waals surface area contributed by atoms with E-state index in [1.54, 1.807) is 18.2 Å². The van der Waals surface area contributed by atoms with E-state index in [1.165, 1.54) is 4.90 Å². The van der Waals surface area contributed by atoms with Crippen molar-refractivity contribution in [2.24, 2.45) is 5.73 Å². The van der Waals surface area contributed by atoms with Gasteiger partial charge in [0.15, 0.2) is 0 Å². The van der Waals surface area contributed by atoms with Crippen LogP contribution < -0.4 is 10.6 Å². The Morgan fingerprint density at radius 1 is 1.53 bits per heavy atom. The number of phenolic OH excluding ortho intramolecular Hbond substituents is 1. The van der Waals surface area contributed by atoms with Gasteiger partial charge in [-0.25, -0.2) is 0 Å². The number of hydrogen-bond donors (Lipinski definition) is 2. The minimum Gasteiger partial charge on any atom is -0.506 e. The first kappa shape index (κ1) is 10.4. The van der Waals surface area contributed by atoms with Crippen LogP contribution >= 0.6 is 15.9 Å². The number of benzene rings is 1. The van der Waals surface area contributed by atoms with Crippen molar-refractivity contribution in [3.8, 4) is 5.75 Å². The van der Waals surface area contributed by atoms with E-state index in [0.717, 1.165) is 4.47 Å². The highest BCUT2D eigenvalue weighted by Gasteiger charge is 2.29. The molecule has 1 saturated heterocycles. The summed E-state index contributed by atoms with van der Waals surface area (Å²) in [6.45, 7) is 0.461. The fourth-order valence-electron chi connectivity index (χ4n) is 1.68. The summed E-state index contributed by atoms with van der Waals surface area (Å²) in [5.74, 6) is 0.0524. The lowest BCUT2D eigenvalue weighted by molar-refractivity contribution is -0.117. The van der Waals surface area contributed by atoms with Crippen molar-refractivity contribution in [3.05, 3.63) is 22.7 Å². The molecular weight excluding hydrogens is 260 g/mol. The number of nitrogens with zero attached hydrogens (tertiary/aromatic N) is 1. The van der Waals surface area contributed by atoms with Gasteiger partial charge in [0.1, 0.15) is 5.75 Å². The highest BCUT2D eigenvalue weighted by Crippen LogP contribution is 2.32. The summed E-state index contributed by atoms with van der Waals surface area (Å²) in [7, 11) is 0. The van der Waals surface area contributed by atoms with Gasteiger partial charge in [0.05, 0.1) is 5.69 Å². The van der Waals surface area contributed by atoms with Crippen LogP contribution in [0.25, 0.3) is 0 Å². The second-order valence-electron chi connectivity index (χ2n) is 3.60. The first-order valence-corrected chi connectivity index (χ1v) is 5.41.